The predicted molar refractivity (Wildman–Crippen MR) is 144 cm³/mol. The second-order valence-corrected chi connectivity index (χ2v) is 8.89. The minimum atomic E-state index is -0.489. The van der Waals surface area contributed by atoms with E-state index >= 15 is 0 Å². The van der Waals surface area contributed by atoms with Gasteiger partial charge < -0.3 is 18.9 Å². The van der Waals surface area contributed by atoms with Gasteiger partial charge in [-0.05, 0) is 28.7 Å². The third kappa shape index (κ3) is 9.85. The van der Waals surface area contributed by atoms with Crippen molar-refractivity contribution in [3.05, 3.63) is 76.4 Å². The summed E-state index contributed by atoms with van der Waals surface area (Å²) in [7, 11) is 5.19. The third-order valence-electron chi connectivity index (χ3n) is 5.22. The largest absolute Gasteiger partial charge is 0.469 e. The van der Waals surface area contributed by atoms with Gasteiger partial charge in [-0.3, -0.25) is 14.4 Å². The summed E-state index contributed by atoms with van der Waals surface area (Å²) in [5, 5.41) is 0.0281. The van der Waals surface area contributed by atoms with Gasteiger partial charge in [0.25, 0.3) is 0 Å². The van der Waals surface area contributed by atoms with Gasteiger partial charge in [0.1, 0.15) is 0 Å². The molecule has 0 aromatic heterocycles. The van der Waals surface area contributed by atoms with Crippen LogP contribution in [0.15, 0.2) is 43.0 Å². The number of rotatable bonds is 10. The average Bonchev–Trinajstić information content (AvgIpc) is 2.92. The number of benzene rings is 2. The fourth-order valence-electron chi connectivity index (χ4n) is 3.42. The maximum absolute atomic E-state index is 12.0. The van der Waals surface area contributed by atoms with Crippen molar-refractivity contribution in [2.75, 3.05) is 34.2 Å². The molecule has 0 heterocycles. The van der Waals surface area contributed by atoms with Crippen LogP contribution in [0.4, 0.5) is 0 Å². The third-order valence-corrected chi connectivity index (χ3v) is 6.04. The number of carbonyl (C=O) groups is 5. The first-order valence-corrected chi connectivity index (χ1v) is 12.4. The van der Waals surface area contributed by atoms with Crippen LogP contribution in [0.3, 0.4) is 0 Å². The van der Waals surface area contributed by atoms with Crippen molar-refractivity contribution in [2.45, 2.75) is 26.2 Å². The Morgan fingerprint density at radius 3 is 1.68 bits per heavy atom. The summed E-state index contributed by atoms with van der Waals surface area (Å²) >= 11 is 1.20. The lowest BCUT2D eigenvalue weighted by Crippen LogP contribution is -2.14. The maximum atomic E-state index is 12.0. The zero-order valence-corrected chi connectivity index (χ0v) is 23.0. The summed E-state index contributed by atoms with van der Waals surface area (Å²) in [4.78, 5) is 57.3. The molecule has 0 saturated heterocycles. The molecule has 0 saturated carbocycles. The van der Waals surface area contributed by atoms with E-state index in [0.717, 1.165) is 5.56 Å². The summed E-state index contributed by atoms with van der Waals surface area (Å²) in [6.07, 6.45) is 2.13. The lowest BCUT2D eigenvalue weighted by atomic mass is 9.97. The Labute approximate surface area is 226 Å². The number of hydrogen-bond donors (Lipinski definition) is 0. The predicted octanol–water partition coefficient (Wildman–Crippen LogP) is 3.84. The van der Waals surface area contributed by atoms with Crippen molar-refractivity contribution in [3.63, 3.8) is 0 Å². The van der Waals surface area contributed by atoms with E-state index in [0.29, 0.717) is 40.0 Å². The topological polar surface area (TPSA) is 122 Å². The van der Waals surface area contributed by atoms with Crippen LogP contribution in [0.1, 0.15) is 49.9 Å². The quantitative estimate of drug-likeness (QED) is 0.322. The van der Waals surface area contributed by atoms with Crippen LogP contribution < -0.4 is 0 Å². The smallest absolute Gasteiger partial charge is 0.338 e. The number of methoxy groups -OCH3 is 4. The van der Waals surface area contributed by atoms with Crippen molar-refractivity contribution in [2.24, 2.45) is 0 Å². The zero-order valence-electron chi connectivity index (χ0n) is 22.2. The Hall–Kier alpha value is -3.92. The monoisotopic (exact) mass is 544 g/mol. The van der Waals surface area contributed by atoms with E-state index in [-0.39, 0.29) is 18.0 Å². The minimum Gasteiger partial charge on any atom is -0.469 e. The number of ether oxygens (including phenoxy) is 4. The minimum absolute atomic E-state index is 0.00856. The molecule has 2 aromatic rings. The second-order valence-electron chi connectivity index (χ2n) is 7.62. The van der Waals surface area contributed by atoms with Gasteiger partial charge in [0, 0.05) is 12.7 Å². The van der Waals surface area contributed by atoms with E-state index in [4.69, 9.17) is 9.47 Å². The summed E-state index contributed by atoms with van der Waals surface area (Å²) in [5.41, 5.74) is 3.28. The fraction of sp³-hybridized carbons (Fsp3) is 0.321. The average molecular weight is 545 g/mol. The van der Waals surface area contributed by atoms with Crippen LogP contribution in [0.5, 0.6) is 0 Å². The lowest BCUT2D eigenvalue weighted by Gasteiger charge is -2.12. The summed E-state index contributed by atoms with van der Waals surface area (Å²) in [5.74, 6) is -1.23. The Balaban J connectivity index is 0.000000389. The SMILES string of the molecule is C=Cc1cccc(CC(=O)OC)c1C(=O)OC.COC(=O)Cc1cccc(CCSC(C)=O)c1C(=O)OC. The highest BCUT2D eigenvalue weighted by molar-refractivity contribution is 8.13. The van der Waals surface area contributed by atoms with E-state index in [1.807, 2.05) is 0 Å². The summed E-state index contributed by atoms with van der Waals surface area (Å²) in [6.45, 7) is 5.12. The van der Waals surface area contributed by atoms with Gasteiger partial charge >= 0.3 is 23.9 Å². The van der Waals surface area contributed by atoms with Crippen LogP contribution in [0.25, 0.3) is 6.08 Å². The first-order chi connectivity index (χ1) is 18.1. The number of carbonyl (C=O) groups excluding carboxylic acids is 5. The highest BCUT2D eigenvalue weighted by atomic mass is 32.2. The Morgan fingerprint density at radius 2 is 1.21 bits per heavy atom. The first kappa shape index (κ1) is 32.1. The highest BCUT2D eigenvalue weighted by Crippen LogP contribution is 2.20. The van der Waals surface area contributed by atoms with Crippen LogP contribution in [0.2, 0.25) is 0 Å². The standard InChI is InChI=1S/C15H18O5S.C13H14O4/c1-10(16)21-8-7-11-5-4-6-12(9-13(17)19-2)14(11)15(18)20-3;1-4-9-6-5-7-10(8-11(14)16-2)12(9)13(15)17-3/h4-6H,7-9H2,1-3H3;4-7H,1,8H2,2-3H3. The van der Waals surface area contributed by atoms with Gasteiger partial charge in [0.2, 0.25) is 0 Å². The molecule has 0 fully saturated rings. The van der Waals surface area contributed by atoms with E-state index in [1.165, 1.54) is 47.1 Å². The zero-order chi connectivity index (χ0) is 28.7. The molecule has 0 spiro atoms. The van der Waals surface area contributed by atoms with Gasteiger partial charge in [-0.2, -0.15) is 0 Å². The van der Waals surface area contributed by atoms with Gasteiger partial charge in [-0.1, -0.05) is 60.8 Å². The van der Waals surface area contributed by atoms with Crippen molar-refractivity contribution < 1.29 is 42.9 Å². The van der Waals surface area contributed by atoms with Gasteiger partial charge in [0.05, 0.1) is 52.4 Å². The number of hydrogen-bond acceptors (Lipinski definition) is 10. The molecular weight excluding hydrogens is 512 g/mol. The van der Waals surface area contributed by atoms with E-state index < -0.39 is 23.9 Å². The number of thioether (sulfide) groups is 1. The molecule has 2 aromatic carbocycles. The Bertz CT molecular complexity index is 1170. The second kappa shape index (κ2) is 16.8. The normalized spacial score (nSPS) is 9.82. The molecule has 0 amide bonds. The van der Waals surface area contributed by atoms with Gasteiger partial charge in [-0.25, -0.2) is 9.59 Å². The molecular formula is C28H32O9S. The lowest BCUT2D eigenvalue weighted by molar-refractivity contribution is -0.140. The number of esters is 4. The van der Waals surface area contributed by atoms with Crippen LogP contribution in [0, 0.1) is 0 Å². The molecule has 0 aliphatic carbocycles. The molecule has 0 N–H and O–H groups in total. The van der Waals surface area contributed by atoms with E-state index in [2.05, 4.69) is 16.1 Å². The maximum Gasteiger partial charge on any atom is 0.338 e. The van der Waals surface area contributed by atoms with E-state index in [9.17, 15) is 24.0 Å². The van der Waals surface area contributed by atoms with Gasteiger partial charge in [-0.15, -0.1) is 0 Å². The molecule has 9 nitrogen and oxygen atoms in total. The van der Waals surface area contributed by atoms with Crippen molar-refractivity contribution in [1.82, 2.24) is 0 Å². The van der Waals surface area contributed by atoms with Crippen LogP contribution in [-0.2, 0) is 52.6 Å². The molecule has 0 unspecified atom stereocenters. The molecule has 0 bridgehead atoms. The molecule has 10 heteroatoms. The molecule has 204 valence electrons. The first-order valence-electron chi connectivity index (χ1n) is 11.4. The van der Waals surface area contributed by atoms with Gasteiger partial charge in [0.15, 0.2) is 5.12 Å². The summed E-state index contributed by atoms with van der Waals surface area (Å²) in [6, 6.07) is 10.5. The summed E-state index contributed by atoms with van der Waals surface area (Å²) < 4.78 is 18.7. The molecule has 0 aliphatic heterocycles. The van der Waals surface area contributed by atoms with E-state index in [1.54, 1.807) is 42.5 Å². The molecule has 2 rings (SSSR count). The highest BCUT2D eigenvalue weighted by Gasteiger charge is 2.19. The molecule has 0 aliphatic rings. The van der Waals surface area contributed by atoms with Crippen molar-refractivity contribution in [3.8, 4) is 0 Å². The number of aryl methyl sites for hydroxylation is 1. The molecule has 38 heavy (non-hydrogen) atoms. The van der Waals surface area contributed by atoms with Crippen LogP contribution >= 0.6 is 11.8 Å². The fourth-order valence-corrected chi connectivity index (χ4v) is 4.03. The van der Waals surface area contributed by atoms with Crippen LogP contribution in [-0.4, -0.2) is 63.2 Å². The van der Waals surface area contributed by atoms with Crippen molar-refractivity contribution in [1.29, 1.82) is 0 Å². The Morgan fingerprint density at radius 1 is 0.737 bits per heavy atom. The van der Waals surface area contributed by atoms with Crippen molar-refractivity contribution >= 4 is 46.8 Å². The molecule has 0 atom stereocenters. The Kier molecular flexibility index (Phi) is 14.2. The molecule has 0 radical (unpaired) electrons.